The van der Waals surface area contributed by atoms with Crippen molar-refractivity contribution in [1.82, 2.24) is 0 Å². The molecule has 0 aromatic heterocycles. The molecule has 0 aromatic rings. The molecule has 0 aromatic carbocycles. The topological polar surface area (TPSA) is 69.9 Å². The Morgan fingerprint density at radius 3 is 2.38 bits per heavy atom. The quantitative estimate of drug-likeness (QED) is 0.310. The summed E-state index contributed by atoms with van der Waals surface area (Å²) in [6.07, 6.45) is -0.198. The van der Waals surface area contributed by atoms with Crippen molar-refractivity contribution in [2.24, 2.45) is 5.16 Å². The molecule has 4 nitrogen and oxygen atoms in total. The summed E-state index contributed by atoms with van der Waals surface area (Å²) < 4.78 is 0. The number of carboxylic acid groups (broad SMARTS) is 1. The maximum absolute atomic E-state index is 9.78. The molecule has 0 saturated heterocycles. The lowest BCUT2D eigenvalue weighted by molar-refractivity contribution is -0.135. The molecule has 0 heterocycles. The second kappa shape index (κ2) is 3.01. The largest absolute Gasteiger partial charge is 0.481 e. The highest BCUT2D eigenvalue weighted by Gasteiger charge is 1.97. The van der Waals surface area contributed by atoms with E-state index in [2.05, 4.69) is 5.16 Å². The molecule has 0 fully saturated rings. The van der Waals surface area contributed by atoms with E-state index in [0.717, 1.165) is 0 Å². The summed E-state index contributed by atoms with van der Waals surface area (Å²) in [7, 11) is 0. The number of oxime groups is 1. The molecule has 0 radical (unpaired) electrons. The molecule has 46 valence electrons. The zero-order valence-corrected chi connectivity index (χ0v) is 4.46. The first kappa shape index (κ1) is 6.94. The van der Waals surface area contributed by atoms with Crippen molar-refractivity contribution in [1.29, 1.82) is 0 Å². The highest BCUT2D eigenvalue weighted by Crippen LogP contribution is 1.82. The molecule has 0 spiro atoms. The van der Waals surface area contributed by atoms with Crippen molar-refractivity contribution >= 4 is 11.7 Å². The number of nitrogens with zero attached hydrogens (tertiary/aromatic N) is 1. The third kappa shape index (κ3) is 3.14. The summed E-state index contributed by atoms with van der Waals surface area (Å²) in [5.74, 6) is -0.986. The first-order valence-electron chi connectivity index (χ1n) is 2.06. The zero-order chi connectivity index (χ0) is 6.57. The summed E-state index contributed by atoms with van der Waals surface area (Å²) in [5.41, 5.74) is 0.206. The van der Waals surface area contributed by atoms with E-state index in [1.807, 2.05) is 0 Å². The van der Waals surface area contributed by atoms with E-state index < -0.39 is 5.97 Å². The minimum absolute atomic E-state index is 0.198. The van der Waals surface area contributed by atoms with Crippen LogP contribution in [0.15, 0.2) is 5.16 Å². The van der Waals surface area contributed by atoms with E-state index in [1.165, 1.54) is 6.92 Å². The Balaban J connectivity index is 3.56. The fourth-order valence-electron chi connectivity index (χ4n) is 0.254. The number of aliphatic carboxylic acids is 1. The van der Waals surface area contributed by atoms with Crippen molar-refractivity contribution in [3.8, 4) is 0 Å². The highest BCUT2D eigenvalue weighted by molar-refractivity contribution is 5.96. The third-order valence-corrected chi connectivity index (χ3v) is 0.578. The predicted octanol–water partition coefficient (Wildman–Crippen LogP) is 0.311. The number of carboxylic acids is 1. The molecular weight excluding hydrogens is 110 g/mol. The van der Waals surface area contributed by atoms with Crippen LogP contribution in [-0.4, -0.2) is 22.0 Å². The first-order chi connectivity index (χ1) is 3.66. The zero-order valence-electron chi connectivity index (χ0n) is 4.46. The standard InChI is InChI=1S/C4H7NO3/c1-3(5-8)2-4(6)7/h8H,2H2,1H3,(H,6,7)/b5-3+. The number of rotatable bonds is 2. The van der Waals surface area contributed by atoms with Crippen LogP contribution in [0.3, 0.4) is 0 Å². The molecule has 0 saturated carbocycles. The van der Waals surface area contributed by atoms with Crippen LogP contribution in [0.25, 0.3) is 0 Å². The Labute approximate surface area is 46.4 Å². The maximum atomic E-state index is 9.78. The maximum Gasteiger partial charge on any atom is 0.309 e. The van der Waals surface area contributed by atoms with Gasteiger partial charge in [-0.25, -0.2) is 0 Å². The summed E-state index contributed by atoms with van der Waals surface area (Å²) in [6.45, 7) is 1.44. The molecular formula is C4H7NO3. The van der Waals surface area contributed by atoms with Gasteiger partial charge in [-0.3, -0.25) is 4.79 Å². The van der Waals surface area contributed by atoms with Crippen molar-refractivity contribution in [3.63, 3.8) is 0 Å². The lowest BCUT2D eigenvalue weighted by Crippen LogP contribution is -2.01. The van der Waals surface area contributed by atoms with E-state index in [1.54, 1.807) is 0 Å². The molecule has 0 aliphatic heterocycles. The second-order valence-electron chi connectivity index (χ2n) is 1.41. The Morgan fingerprint density at radius 1 is 1.75 bits per heavy atom. The van der Waals surface area contributed by atoms with Gasteiger partial charge in [-0.15, -0.1) is 0 Å². The Hall–Kier alpha value is -1.06. The van der Waals surface area contributed by atoms with Crippen molar-refractivity contribution < 1.29 is 15.1 Å². The molecule has 0 rings (SSSR count). The Morgan fingerprint density at radius 2 is 2.25 bits per heavy atom. The normalized spacial score (nSPS) is 11.4. The van der Waals surface area contributed by atoms with Gasteiger partial charge in [0.25, 0.3) is 0 Å². The van der Waals surface area contributed by atoms with Gasteiger partial charge in [0.2, 0.25) is 0 Å². The molecule has 2 N–H and O–H groups in total. The van der Waals surface area contributed by atoms with Crippen LogP contribution in [0.1, 0.15) is 13.3 Å². The van der Waals surface area contributed by atoms with Gasteiger partial charge in [0.15, 0.2) is 0 Å². The highest BCUT2D eigenvalue weighted by atomic mass is 16.4. The van der Waals surface area contributed by atoms with E-state index in [4.69, 9.17) is 10.3 Å². The van der Waals surface area contributed by atoms with Gasteiger partial charge in [-0.05, 0) is 6.92 Å². The van der Waals surface area contributed by atoms with Crippen molar-refractivity contribution in [2.75, 3.05) is 0 Å². The van der Waals surface area contributed by atoms with Gasteiger partial charge in [-0.1, -0.05) is 5.16 Å². The van der Waals surface area contributed by atoms with Gasteiger partial charge >= 0.3 is 5.97 Å². The van der Waals surface area contributed by atoms with E-state index in [0.29, 0.717) is 0 Å². The predicted molar refractivity (Wildman–Crippen MR) is 27.1 cm³/mol. The average molecular weight is 117 g/mol. The lowest BCUT2D eigenvalue weighted by Gasteiger charge is -1.87. The Bertz CT molecular complexity index is 118. The van der Waals surface area contributed by atoms with Crippen LogP contribution in [0, 0.1) is 0 Å². The van der Waals surface area contributed by atoms with Crippen LogP contribution < -0.4 is 0 Å². The summed E-state index contributed by atoms with van der Waals surface area (Å²) in [5, 5.41) is 18.6. The molecule has 0 bridgehead atoms. The molecule has 0 amide bonds. The van der Waals surface area contributed by atoms with Crippen LogP contribution in [0.4, 0.5) is 0 Å². The fourth-order valence-corrected chi connectivity index (χ4v) is 0.254. The fraction of sp³-hybridized carbons (Fsp3) is 0.500. The molecule has 0 aliphatic carbocycles. The molecule has 4 heteroatoms. The van der Waals surface area contributed by atoms with E-state index in [9.17, 15) is 4.79 Å². The number of hydrogen-bond donors (Lipinski definition) is 2. The minimum atomic E-state index is -0.986. The monoisotopic (exact) mass is 117 g/mol. The molecule has 0 unspecified atom stereocenters. The minimum Gasteiger partial charge on any atom is -0.481 e. The Kier molecular flexibility index (Phi) is 2.61. The van der Waals surface area contributed by atoms with E-state index in [-0.39, 0.29) is 12.1 Å². The first-order valence-corrected chi connectivity index (χ1v) is 2.06. The summed E-state index contributed by atoms with van der Waals surface area (Å²) in [6, 6.07) is 0. The molecule has 8 heavy (non-hydrogen) atoms. The lowest BCUT2D eigenvalue weighted by atomic mass is 10.3. The van der Waals surface area contributed by atoms with Crippen LogP contribution in [-0.2, 0) is 4.79 Å². The smallest absolute Gasteiger partial charge is 0.309 e. The van der Waals surface area contributed by atoms with Crippen molar-refractivity contribution in [3.05, 3.63) is 0 Å². The van der Waals surface area contributed by atoms with Crippen LogP contribution in [0.5, 0.6) is 0 Å². The van der Waals surface area contributed by atoms with Gasteiger partial charge in [0, 0.05) is 0 Å². The molecule has 0 aliphatic rings. The third-order valence-electron chi connectivity index (χ3n) is 0.578. The molecule has 0 atom stereocenters. The summed E-state index contributed by atoms with van der Waals surface area (Å²) >= 11 is 0. The van der Waals surface area contributed by atoms with E-state index >= 15 is 0 Å². The van der Waals surface area contributed by atoms with Gasteiger partial charge in [0.05, 0.1) is 12.1 Å². The van der Waals surface area contributed by atoms with Crippen LogP contribution >= 0.6 is 0 Å². The van der Waals surface area contributed by atoms with Gasteiger partial charge in [0.1, 0.15) is 0 Å². The van der Waals surface area contributed by atoms with Gasteiger partial charge in [-0.2, -0.15) is 0 Å². The second-order valence-corrected chi connectivity index (χ2v) is 1.41. The SMILES string of the molecule is C/C(CC(=O)O)=N\O. The average Bonchev–Trinajstić information content (AvgIpc) is 1.65. The van der Waals surface area contributed by atoms with Crippen molar-refractivity contribution in [2.45, 2.75) is 13.3 Å². The summed E-state index contributed by atoms with van der Waals surface area (Å²) in [4.78, 5) is 9.78. The van der Waals surface area contributed by atoms with Gasteiger partial charge < -0.3 is 10.3 Å². The van der Waals surface area contributed by atoms with Crippen LogP contribution in [0.2, 0.25) is 0 Å². The number of carbonyl (C=O) groups is 1. The number of hydrogen-bond acceptors (Lipinski definition) is 3.